The number of carbonyl (C=O) groups is 4. The number of carbonyl (C=O) groups excluding carboxylic acids is 4. The molecule has 12 heteroatoms. The number of hydrogen-bond donors (Lipinski definition) is 3. The topological polar surface area (TPSA) is 141 Å². The Bertz CT molecular complexity index is 1660. The van der Waals surface area contributed by atoms with Crippen LogP contribution in [0.3, 0.4) is 0 Å². The van der Waals surface area contributed by atoms with Crippen molar-refractivity contribution in [2.24, 2.45) is 5.92 Å². The maximum absolute atomic E-state index is 13.5. The third-order valence-corrected chi connectivity index (χ3v) is 8.31. The lowest BCUT2D eigenvalue weighted by Crippen LogP contribution is -2.40. The molecule has 2 aromatic carbocycles. The van der Waals surface area contributed by atoms with Crippen molar-refractivity contribution in [1.29, 1.82) is 0 Å². The predicted octanol–water partition coefficient (Wildman–Crippen LogP) is 5.38. The second-order valence-electron chi connectivity index (χ2n) is 10.6. The Morgan fingerprint density at radius 2 is 1.70 bits per heavy atom. The Labute approximate surface area is 252 Å². The van der Waals surface area contributed by atoms with Crippen molar-refractivity contribution >= 4 is 56.9 Å². The second-order valence-corrected chi connectivity index (χ2v) is 11.6. The number of aromatic nitrogens is 2. The summed E-state index contributed by atoms with van der Waals surface area (Å²) in [5.74, 6) is -1.18. The number of fused-ring (bicyclic) bond motifs is 1. The van der Waals surface area contributed by atoms with E-state index in [0.717, 1.165) is 21.6 Å². The smallest absolute Gasteiger partial charge is 0.436 e. The van der Waals surface area contributed by atoms with E-state index in [1.807, 2.05) is 44.2 Å². The van der Waals surface area contributed by atoms with Crippen LogP contribution < -0.4 is 16.0 Å². The van der Waals surface area contributed by atoms with E-state index in [-0.39, 0.29) is 35.7 Å². The summed E-state index contributed by atoms with van der Waals surface area (Å²) < 4.78 is 11.6. The van der Waals surface area contributed by atoms with Crippen LogP contribution in [0.1, 0.15) is 59.2 Å². The number of nitrogens with one attached hydrogen (secondary N) is 3. The molecule has 2 aromatic heterocycles. The van der Waals surface area contributed by atoms with E-state index < -0.39 is 17.5 Å². The van der Waals surface area contributed by atoms with Gasteiger partial charge in [0.15, 0.2) is 5.82 Å². The maximum Gasteiger partial charge on any atom is 0.436 e. The summed E-state index contributed by atoms with van der Waals surface area (Å²) in [5, 5.41) is 13.4. The van der Waals surface area contributed by atoms with Crippen LogP contribution in [-0.2, 0) is 19.8 Å². The van der Waals surface area contributed by atoms with Gasteiger partial charge in [0.05, 0.1) is 33.7 Å². The fourth-order valence-electron chi connectivity index (χ4n) is 4.85. The van der Waals surface area contributed by atoms with Gasteiger partial charge >= 0.3 is 6.09 Å². The number of amides is 3. The van der Waals surface area contributed by atoms with E-state index in [9.17, 15) is 19.2 Å². The van der Waals surface area contributed by atoms with Crippen LogP contribution in [0.15, 0.2) is 60.7 Å². The van der Waals surface area contributed by atoms with Crippen LogP contribution in [0.5, 0.6) is 0 Å². The molecule has 11 nitrogen and oxygen atoms in total. The van der Waals surface area contributed by atoms with Crippen molar-refractivity contribution in [3.63, 3.8) is 0 Å². The Morgan fingerprint density at radius 3 is 2.42 bits per heavy atom. The maximum atomic E-state index is 13.5. The highest BCUT2D eigenvalue weighted by Crippen LogP contribution is 2.33. The predicted molar refractivity (Wildman–Crippen MR) is 164 cm³/mol. The molecule has 224 valence electrons. The lowest BCUT2D eigenvalue weighted by atomic mass is 9.94. The van der Waals surface area contributed by atoms with Crippen LogP contribution in [0.25, 0.3) is 10.2 Å². The summed E-state index contributed by atoms with van der Waals surface area (Å²) in [4.78, 5) is 53.2. The molecule has 3 heterocycles. The van der Waals surface area contributed by atoms with Crippen molar-refractivity contribution in [3.05, 3.63) is 76.7 Å². The first-order valence-electron chi connectivity index (χ1n) is 14.0. The van der Waals surface area contributed by atoms with Crippen LogP contribution >= 0.6 is 11.3 Å². The van der Waals surface area contributed by atoms with E-state index in [1.165, 1.54) is 0 Å². The lowest BCUT2D eigenvalue weighted by molar-refractivity contribution is -0.122. The fraction of sp³-hybridized carbons (Fsp3) is 0.323. The lowest BCUT2D eigenvalue weighted by Gasteiger charge is -2.26. The molecule has 0 spiro atoms. The Hall–Kier alpha value is -4.55. The molecule has 0 aliphatic carbocycles. The van der Waals surface area contributed by atoms with Crippen molar-refractivity contribution in [1.82, 2.24) is 15.1 Å². The zero-order valence-corrected chi connectivity index (χ0v) is 25.0. The minimum atomic E-state index is -0.740. The molecule has 1 saturated heterocycles. The standard InChI is InChI=1S/C31H33N5O6S/c1-4-42-30(40)36-29-22(18-24(43-29)28(39)34-31(2,3)20-10-6-5-7-11-20)25(35-36)33-27(38)21-12-8-9-13-23(21)32-26(37)19-14-16-41-17-15-19/h5-13,18-19H,4,14-17H2,1-3H3,(H,32,37)(H,34,39)(H,33,35,38). The van der Waals surface area contributed by atoms with Gasteiger partial charge in [-0.15, -0.1) is 16.4 Å². The quantitative estimate of drug-likeness (QED) is 0.245. The van der Waals surface area contributed by atoms with Crippen molar-refractivity contribution in [3.8, 4) is 0 Å². The van der Waals surface area contributed by atoms with Crippen LogP contribution in [0, 0.1) is 5.92 Å². The van der Waals surface area contributed by atoms with Gasteiger partial charge in [0, 0.05) is 19.1 Å². The molecular weight excluding hydrogens is 570 g/mol. The third kappa shape index (κ3) is 6.60. The first kappa shape index (κ1) is 29.9. The van der Waals surface area contributed by atoms with Gasteiger partial charge in [-0.2, -0.15) is 4.68 Å². The third-order valence-electron chi connectivity index (χ3n) is 7.20. The summed E-state index contributed by atoms with van der Waals surface area (Å²) in [5.41, 5.74) is 0.834. The fourth-order valence-corrected chi connectivity index (χ4v) is 5.85. The van der Waals surface area contributed by atoms with Gasteiger partial charge < -0.3 is 25.4 Å². The SMILES string of the molecule is CCOC(=O)n1nc(NC(=O)c2ccccc2NC(=O)C2CCOCC2)c2cc(C(=O)NC(C)(C)c3ccccc3)sc21. The zero-order chi connectivity index (χ0) is 30.6. The van der Waals surface area contributed by atoms with Gasteiger partial charge in [-0.3, -0.25) is 14.4 Å². The average molecular weight is 604 g/mol. The Kier molecular flexibility index (Phi) is 8.88. The highest BCUT2D eigenvalue weighted by atomic mass is 32.1. The van der Waals surface area contributed by atoms with E-state index in [1.54, 1.807) is 37.3 Å². The largest absolute Gasteiger partial charge is 0.448 e. The van der Waals surface area contributed by atoms with E-state index >= 15 is 0 Å². The highest BCUT2D eigenvalue weighted by molar-refractivity contribution is 7.20. The molecule has 1 fully saturated rings. The molecule has 0 bridgehead atoms. The monoisotopic (exact) mass is 603 g/mol. The molecule has 43 heavy (non-hydrogen) atoms. The Morgan fingerprint density at radius 1 is 1.00 bits per heavy atom. The summed E-state index contributed by atoms with van der Waals surface area (Å²) in [6.07, 6.45) is 0.482. The Balaban J connectivity index is 1.42. The van der Waals surface area contributed by atoms with Crippen LogP contribution in [0.2, 0.25) is 0 Å². The number of nitrogens with zero attached hydrogens (tertiary/aromatic N) is 2. The molecule has 4 aromatic rings. The molecule has 3 amide bonds. The van der Waals surface area contributed by atoms with Gasteiger partial charge in [0.1, 0.15) is 4.83 Å². The molecule has 0 radical (unpaired) electrons. The number of thiophene rings is 1. The van der Waals surface area contributed by atoms with E-state index in [2.05, 4.69) is 21.0 Å². The zero-order valence-electron chi connectivity index (χ0n) is 24.1. The second kappa shape index (κ2) is 12.8. The van der Waals surface area contributed by atoms with E-state index in [4.69, 9.17) is 9.47 Å². The number of ether oxygens (including phenoxy) is 2. The molecule has 5 rings (SSSR count). The average Bonchev–Trinajstić information content (AvgIpc) is 3.59. The van der Waals surface area contributed by atoms with Gasteiger partial charge in [-0.25, -0.2) is 4.79 Å². The van der Waals surface area contributed by atoms with Gasteiger partial charge in [-0.05, 0) is 57.4 Å². The summed E-state index contributed by atoms with van der Waals surface area (Å²) in [6, 6.07) is 17.8. The van der Waals surface area contributed by atoms with Crippen molar-refractivity contribution in [2.75, 3.05) is 30.5 Å². The molecule has 3 N–H and O–H groups in total. The van der Waals surface area contributed by atoms with Crippen LogP contribution in [0.4, 0.5) is 16.3 Å². The molecule has 1 aliphatic heterocycles. The molecular formula is C31H33N5O6S. The van der Waals surface area contributed by atoms with Gasteiger partial charge in [0.2, 0.25) is 5.91 Å². The van der Waals surface area contributed by atoms with Gasteiger partial charge in [0.25, 0.3) is 11.8 Å². The molecule has 0 unspecified atom stereocenters. The minimum Gasteiger partial charge on any atom is -0.448 e. The first-order chi connectivity index (χ1) is 20.7. The number of rotatable bonds is 8. The van der Waals surface area contributed by atoms with Crippen LogP contribution in [-0.4, -0.2) is 53.4 Å². The summed E-state index contributed by atoms with van der Waals surface area (Å²) in [7, 11) is 0. The molecule has 1 aliphatic rings. The molecule has 0 atom stereocenters. The van der Waals surface area contributed by atoms with Crippen molar-refractivity contribution < 1.29 is 28.7 Å². The molecule has 0 saturated carbocycles. The van der Waals surface area contributed by atoms with Crippen molar-refractivity contribution in [2.45, 2.75) is 39.2 Å². The normalized spacial score (nSPS) is 13.8. The number of anilines is 2. The summed E-state index contributed by atoms with van der Waals surface area (Å²) >= 11 is 1.06. The minimum absolute atomic E-state index is 0.0798. The van der Waals surface area contributed by atoms with E-state index in [0.29, 0.717) is 46.8 Å². The summed E-state index contributed by atoms with van der Waals surface area (Å²) in [6.45, 7) is 6.63. The highest BCUT2D eigenvalue weighted by Gasteiger charge is 2.28. The first-order valence-corrected chi connectivity index (χ1v) is 14.9. The number of benzene rings is 2. The number of hydrogen-bond acceptors (Lipinski definition) is 8. The van der Waals surface area contributed by atoms with Gasteiger partial charge in [-0.1, -0.05) is 42.5 Å². The number of para-hydroxylation sites is 1.